The Balaban J connectivity index is 1.29. The molecule has 250 valence electrons. The summed E-state index contributed by atoms with van der Waals surface area (Å²) < 4.78 is 2.34. The monoisotopic (exact) mass is 686 g/mol. The highest BCUT2D eigenvalue weighted by molar-refractivity contribution is 6.29. The minimum atomic E-state index is 0.602. The largest absolute Gasteiger partial charge is 0.277 e. The van der Waals surface area contributed by atoms with Crippen LogP contribution in [-0.4, -0.2) is 19.5 Å². The van der Waals surface area contributed by atoms with E-state index in [9.17, 15) is 0 Å². The van der Waals surface area contributed by atoms with Crippen LogP contribution >= 0.6 is 0 Å². The van der Waals surface area contributed by atoms with Crippen molar-refractivity contribution in [2.24, 2.45) is 0 Å². The van der Waals surface area contributed by atoms with Crippen molar-refractivity contribution in [3.63, 3.8) is 0 Å². The highest BCUT2D eigenvalue weighted by Crippen LogP contribution is 2.51. The average molecular weight is 687 g/mol. The van der Waals surface area contributed by atoms with Gasteiger partial charge in [-0.1, -0.05) is 164 Å². The predicted molar refractivity (Wildman–Crippen MR) is 223 cm³/mol. The van der Waals surface area contributed by atoms with Crippen molar-refractivity contribution in [1.82, 2.24) is 19.5 Å². The molecule has 4 nitrogen and oxygen atoms in total. The van der Waals surface area contributed by atoms with Gasteiger partial charge in [-0.2, -0.15) is 9.97 Å². The van der Waals surface area contributed by atoms with E-state index < -0.39 is 0 Å². The number of fused-ring (bicyclic) bond motifs is 14. The maximum Gasteiger partial charge on any atom is 0.238 e. The van der Waals surface area contributed by atoms with Gasteiger partial charge in [-0.15, -0.1) is 0 Å². The Hall–Kier alpha value is -7.17. The fourth-order valence-electron chi connectivity index (χ4n) is 9.06. The van der Waals surface area contributed by atoms with Crippen molar-refractivity contribution >= 4 is 64.9 Å². The van der Waals surface area contributed by atoms with E-state index in [1.165, 1.54) is 60.0 Å². The molecule has 0 unspecified atom stereocenters. The normalized spacial score (nSPS) is 12.4. The molecule has 0 bridgehead atoms. The van der Waals surface area contributed by atoms with E-state index in [1.54, 1.807) is 0 Å². The Kier molecular flexibility index (Phi) is 6.08. The number of hydrogen-bond acceptors (Lipinski definition) is 3. The third kappa shape index (κ3) is 4.16. The van der Waals surface area contributed by atoms with Crippen LogP contribution in [0.1, 0.15) is 11.1 Å². The summed E-state index contributed by atoms with van der Waals surface area (Å²) in [7, 11) is 0. The molecule has 0 amide bonds. The lowest BCUT2D eigenvalue weighted by Gasteiger charge is -2.15. The second kappa shape index (κ2) is 11.2. The maximum absolute atomic E-state index is 5.46. The number of nitrogens with zero attached hydrogens (tertiary/aromatic N) is 4. The van der Waals surface area contributed by atoms with E-state index in [1.807, 2.05) is 18.2 Å². The zero-order valence-corrected chi connectivity index (χ0v) is 29.2. The molecule has 4 heteroatoms. The van der Waals surface area contributed by atoms with Crippen molar-refractivity contribution in [3.05, 3.63) is 181 Å². The maximum atomic E-state index is 5.46. The summed E-state index contributed by atoms with van der Waals surface area (Å²) in [5, 5.41) is 12.0. The molecule has 0 saturated carbocycles. The highest BCUT2D eigenvalue weighted by Gasteiger charge is 2.30. The van der Waals surface area contributed by atoms with Gasteiger partial charge in [0.1, 0.15) is 0 Å². The molecule has 0 fully saturated rings. The molecule has 0 radical (unpaired) electrons. The molecule has 2 aromatic heterocycles. The van der Waals surface area contributed by atoms with E-state index >= 15 is 0 Å². The highest BCUT2D eigenvalue weighted by atomic mass is 15.2. The Labute approximate surface area is 310 Å². The van der Waals surface area contributed by atoms with Crippen LogP contribution in [0, 0.1) is 0 Å². The first kappa shape index (κ1) is 29.4. The van der Waals surface area contributed by atoms with Gasteiger partial charge in [-0.05, 0) is 67.1 Å². The smallest absolute Gasteiger partial charge is 0.238 e. The Bertz CT molecular complexity index is 3350. The zero-order valence-electron chi connectivity index (χ0n) is 29.2. The third-order valence-corrected chi connectivity index (χ3v) is 11.4. The van der Waals surface area contributed by atoms with Gasteiger partial charge in [0.05, 0.1) is 11.0 Å². The number of rotatable bonds is 3. The summed E-state index contributed by atoms with van der Waals surface area (Å²) in [6, 6.07) is 60.8. The van der Waals surface area contributed by atoms with Crippen LogP contribution in [0.25, 0.3) is 105 Å². The van der Waals surface area contributed by atoms with E-state index in [-0.39, 0.29) is 0 Å². The summed E-state index contributed by atoms with van der Waals surface area (Å²) in [5.41, 5.74) is 9.51. The molecule has 0 N–H and O–H groups in total. The van der Waals surface area contributed by atoms with E-state index in [0.717, 1.165) is 44.7 Å². The van der Waals surface area contributed by atoms with Crippen LogP contribution in [-0.2, 0) is 6.42 Å². The molecule has 2 heterocycles. The van der Waals surface area contributed by atoms with Crippen molar-refractivity contribution in [3.8, 4) is 39.9 Å². The quantitative estimate of drug-likeness (QED) is 0.186. The number of aromatic nitrogens is 4. The first-order valence-electron chi connectivity index (χ1n) is 18.5. The second-order valence-corrected chi connectivity index (χ2v) is 14.3. The molecule has 0 saturated heterocycles. The van der Waals surface area contributed by atoms with Crippen LogP contribution in [0.4, 0.5) is 0 Å². The topological polar surface area (TPSA) is 43.6 Å². The van der Waals surface area contributed by atoms with Crippen LogP contribution in [0.3, 0.4) is 0 Å². The molecule has 0 atom stereocenters. The minimum Gasteiger partial charge on any atom is -0.277 e. The fourth-order valence-corrected chi connectivity index (χ4v) is 9.06. The van der Waals surface area contributed by atoms with Gasteiger partial charge < -0.3 is 0 Å². The lowest BCUT2D eigenvalue weighted by atomic mass is 9.92. The van der Waals surface area contributed by atoms with Crippen LogP contribution in [0.15, 0.2) is 170 Å². The van der Waals surface area contributed by atoms with Crippen LogP contribution in [0.5, 0.6) is 0 Å². The molecule has 0 spiro atoms. The zero-order chi connectivity index (χ0) is 35.3. The van der Waals surface area contributed by atoms with E-state index in [4.69, 9.17) is 15.0 Å². The van der Waals surface area contributed by atoms with Gasteiger partial charge in [0.25, 0.3) is 0 Å². The lowest BCUT2D eigenvalue weighted by Crippen LogP contribution is -2.07. The van der Waals surface area contributed by atoms with E-state index in [0.29, 0.717) is 17.6 Å². The van der Waals surface area contributed by atoms with E-state index in [2.05, 4.69) is 156 Å². The first-order chi connectivity index (χ1) is 26.8. The van der Waals surface area contributed by atoms with Crippen molar-refractivity contribution in [2.75, 3.05) is 0 Å². The summed E-state index contributed by atoms with van der Waals surface area (Å²) >= 11 is 0. The van der Waals surface area contributed by atoms with Crippen molar-refractivity contribution in [2.45, 2.75) is 6.42 Å². The summed E-state index contributed by atoms with van der Waals surface area (Å²) in [6.45, 7) is 0. The molecular formula is C50H30N4. The molecule has 54 heavy (non-hydrogen) atoms. The predicted octanol–water partition coefficient (Wildman–Crippen LogP) is 12.5. The SMILES string of the molecule is c1ccc(-c2nc(-c3cccc4ccccc34)nc(-n3c4c5ccccc5ccc4c4c5c(c6ccccc6c43)Cc3cc4ccccc4cc3-5)n2)cc1. The summed E-state index contributed by atoms with van der Waals surface area (Å²) in [6.07, 6.45) is 0.890. The molecule has 9 aromatic carbocycles. The van der Waals surface area contributed by atoms with Crippen molar-refractivity contribution < 1.29 is 0 Å². The van der Waals surface area contributed by atoms with Gasteiger partial charge in [0.2, 0.25) is 5.95 Å². The Morgan fingerprint density at radius 2 is 1.04 bits per heavy atom. The van der Waals surface area contributed by atoms with Gasteiger partial charge in [-0.25, -0.2) is 4.98 Å². The fraction of sp³-hybridized carbons (Fsp3) is 0.0200. The third-order valence-electron chi connectivity index (χ3n) is 11.4. The Morgan fingerprint density at radius 1 is 0.407 bits per heavy atom. The van der Waals surface area contributed by atoms with Gasteiger partial charge in [-0.3, -0.25) is 4.57 Å². The molecule has 12 rings (SSSR count). The molecular weight excluding hydrogens is 657 g/mol. The molecule has 1 aliphatic rings. The van der Waals surface area contributed by atoms with Gasteiger partial charge >= 0.3 is 0 Å². The number of hydrogen-bond donors (Lipinski definition) is 0. The molecule has 1 aliphatic carbocycles. The van der Waals surface area contributed by atoms with Gasteiger partial charge in [0, 0.05) is 32.7 Å². The Morgan fingerprint density at radius 3 is 1.85 bits per heavy atom. The molecule has 11 aromatic rings. The van der Waals surface area contributed by atoms with Gasteiger partial charge in [0.15, 0.2) is 11.6 Å². The average Bonchev–Trinajstić information content (AvgIpc) is 3.79. The number of benzene rings is 9. The lowest BCUT2D eigenvalue weighted by molar-refractivity contribution is 0.957. The van der Waals surface area contributed by atoms with Crippen LogP contribution in [0.2, 0.25) is 0 Å². The minimum absolute atomic E-state index is 0.602. The van der Waals surface area contributed by atoms with Crippen LogP contribution < -0.4 is 0 Å². The summed E-state index contributed by atoms with van der Waals surface area (Å²) in [5.74, 6) is 1.89. The van der Waals surface area contributed by atoms with Crippen molar-refractivity contribution in [1.29, 1.82) is 0 Å². The molecule has 0 aliphatic heterocycles. The summed E-state index contributed by atoms with van der Waals surface area (Å²) in [4.78, 5) is 16.0. The first-order valence-corrected chi connectivity index (χ1v) is 18.5. The second-order valence-electron chi connectivity index (χ2n) is 14.3. The standard InChI is InChI=1S/C50H30N4/c1-2-15-32(16-3-1)48-51-49(40-24-12-19-30-13-6-8-20-36(30)40)53-50(52-48)54-46-37-21-9-7-14-31(37)25-26-41(46)45-44-42-28-34-18-5-4-17-33(34)27-35(42)29-43(44)38-22-10-11-23-39(38)47(45)54/h1-28H,29H2.